The lowest BCUT2D eigenvalue weighted by Gasteiger charge is -2.24. The first-order valence-electron chi connectivity index (χ1n) is 7.51. The maximum atomic E-state index is 12.4. The van der Waals surface area contributed by atoms with Crippen LogP contribution in [0.1, 0.15) is 17.9 Å². The van der Waals surface area contributed by atoms with Gasteiger partial charge in [0.1, 0.15) is 11.1 Å². The summed E-state index contributed by atoms with van der Waals surface area (Å²) in [5.41, 5.74) is 1.27. The SMILES string of the molecule is CCOc1ccc(N2C(=O)CS[C@@H]2c2ccccc2[N+](=O)[O-])cc1. The highest BCUT2D eigenvalue weighted by Crippen LogP contribution is 2.44. The fourth-order valence-electron chi connectivity index (χ4n) is 2.67. The number of carbonyl (C=O) groups excluding carboxylic acids is 1. The van der Waals surface area contributed by atoms with Crippen LogP contribution >= 0.6 is 11.8 Å². The van der Waals surface area contributed by atoms with E-state index in [2.05, 4.69) is 0 Å². The first-order valence-corrected chi connectivity index (χ1v) is 8.56. The topological polar surface area (TPSA) is 72.7 Å². The fraction of sp³-hybridized carbons (Fsp3) is 0.235. The van der Waals surface area contributed by atoms with Crippen LogP contribution in [0.2, 0.25) is 0 Å². The van der Waals surface area contributed by atoms with Gasteiger partial charge in [-0.25, -0.2) is 0 Å². The molecule has 24 heavy (non-hydrogen) atoms. The predicted octanol–water partition coefficient (Wildman–Crippen LogP) is 3.77. The van der Waals surface area contributed by atoms with Gasteiger partial charge >= 0.3 is 0 Å². The molecule has 1 amide bonds. The van der Waals surface area contributed by atoms with Crippen molar-refractivity contribution in [1.82, 2.24) is 0 Å². The Bertz CT molecular complexity index is 763. The van der Waals surface area contributed by atoms with E-state index in [0.29, 0.717) is 23.6 Å². The van der Waals surface area contributed by atoms with Crippen molar-refractivity contribution in [2.75, 3.05) is 17.3 Å². The first kappa shape index (κ1) is 16.3. The van der Waals surface area contributed by atoms with Gasteiger partial charge in [-0.1, -0.05) is 12.1 Å². The molecular weight excluding hydrogens is 328 g/mol. The van der Waals surface area contributed by atoms with E-state index in [9.17, 15) is 14.9 Å². The van der Waals surface area contributed by atoms with Crippen molar-refractivity contribution in [3.05, 3.63) is 64.2 Å². The average Bonchev–Trinajstić information content (AvgIpc) is 2.97. The molecule has 1 fully saturated rings. The summed E-state index contributed by atoms with van der Waals surface area (Å²) in [6, 6.07) is 13.8. The highest BCUT2D eigenvalue weighted by Gasteiger charge is 2.37. The van der Waals surface area contributed by atoms with Crippen molar-refractivity contribution in [1.29, 1.82) is 0 Å². The zero-order valence-electron chi connectivity index (χ0n) is 13.0. The van der Waals surface area contributed by atoms with Gasteiger partial charge < -0.3 is 4.74 Å². The Morgan fingerprint density at radius 3 is 2.62 bits per heavy atom. The number of nitro groups is 1. The summed E-state index contributed by atoms with van der Waals surface area (Å²) >= 11 is 1.39. The molecule has 0 saturated carbocycles. The van der Waals surface area contributed by atoms with Crippen LogP contribution in [0.3, 0.4) is 0 Å². The molecule has 0 aromatic heterocycles. The lowest BCUT2D eigenvalue weighted by Crippen LogP contribution is -2.28. The van der Waals surface area contributed by atoms with Crippen LogP contribution in [0, 0.1) is 10.1 Å². The van der Waals surface area contributed by atoms with Crippen LogP contribution in [-0.4, -0.2) is 23.2 Å². The molecule has 6 nitrogen and oxygen atoms in total. The van der Waals surface area contributed by atoms with Gasteiger partial charge in [0, 0.05) is 11.8 Å². The molecule has 0 N–H and O–H groups in total. The molecule has 0 radical (unpaired) electrons. The third-order valence-corrected chi connectivity index (χ3v) is 4.89. The molecule has 1 atom stereocenters. The van der Waals surface area contributed by atoms with E-state index >= 15 is 0 Å². The lowest BCUT2D eigenvalue weighted by atomic mass is 10.1. The molecule has 0 spiro atoms. The van der Waals surface area contributed by atoms with Crippen LogP contribution in [-0.2, 0) is 4.79 Å². The van der Waals surface area contributed by atoms with Gasteiger partial charge in [-0.05, 0) is 37.3 Å². The Kier molecular flexibility index (Phi) is 4.71. The summed E-state index contributed by atoms with van der Waals surface area (Å²) in [5.74, 6) is 0.958. The van der Waals surface area contributed by atoms with Gasteiger partial charge in [0.15, 0.2) is 0 Å². The standard InChI is InChI=1S/C17H16N2O4S/c1-2-23-13-9-7-12(8-10-13)18-16(20)11-24-17(18)14-5-3-4-6-15(14)19(21)22/h3-10,17H,2,11H2,1H3/t17-/m1/s1. The molecule has 0 aliphatic carbocycles. The van der Waals surface area contributed by atoms with E-state index in [4.69, 9.17) is 4.74 Å². The third-order valence-electron chi connectivity index (χ3n) is 3.69. The number of ether oxygens (including phenoxy) is 1. The van der Waals surface area contributed by atoms with Gasteiger partial charge in [-0.3, -0.25) is 19.8 Å². The van der Waals surface area contributed by atoms with Crippen LogP contribution in [0.15, 0.2) is 48.5 Å². The summed E-state index contributed by atoms with van der Waals surface area (Å²) in [7, 11) is 0. The Morgan fingerprint density at radius 1 is 1.25 bits per heavy atom. The highest BCUT2D eigenvalue weighted by atomic mass is 32.2. The molecule has 2 aromatic rings. The van der Waals surface area contributed by atoms with Crippen LogP contribution in [0.5, 0.6) is 5.75 Å². The molecule has 0 bridgehead atoms. The van der Waals surface area contributed by atoms with Crippen molar-refractivity contribution in [2.24, 2.45) is 0 Å². The number of anilines is 1. The second-order valence-corrected chi connectivity index (χ2v) is 6.24. The Morgan fingerprint density at radius 2 is 1.96 bits per heavy atom. The summed E-state index contributed by atoms with van der Waals surface area (Å²) < 4.78 is 5.41. The smallest absolute Gasteiger partial charge is 0.275 e. The summed E-state index contributed by atoms with van der Waals surface area (Å²) in [6.45, 7) is 2.47. The molecule has 7 heteroatoms. The van der Waals surface area contributed by atoms with E-state index in [1.54, 1.807) is 47.4 Å². The normalized spacial score (nSPS) is 17.1. The predicted molar refractivity (Wildman–Crippen MR) is 93.4 cm³/mol. The van der Waals surface area contributed by atoms with Gasteiger partial charge in [-0.15, -0.1) is 11.8 Å². The molecule has 3 rings (SSSR count). The van der Waals surface area contributed by atoms with E-state index in [0.717, 1.165) is 5.75 Å². The number of nitrogens with zero attached hydrogens (tertiary/aromatic N) is 2. The number of hydrogen-bond acceptors (Lipinski definition) is 5. The number of hydrogen-bond donors (Lipinski definition) is 0. The lowest BCUT2D eigenvalue weighted by molar-refractivity contribution is -0.385. The number of nitro benzene ring substituents is 1. The number of amides is 1. The number of rotatable bonds is 5. The Hall–Kier alpha value is -2.54. The van der Waals surface area contributed by atoms with Gasteiger partial charge in [0.25, 0.3) is 5.69 Å². The first-order chi connectivity index (χ1) is 11.6. The van der Waals surface area contributed by atoms with Crippen molar-refractivity contribution in [3.63, 3.8) is 0 Å². The molecule has 124 valence electrons. The second kappa shape index (κ2) is 6.92. The monoisotopic (exact) mass is 344 g/mol. The maximum Gasteiger partial charge on any atom is 0.275 e. The number of carbonyl (C=O) groups is 1. The molecule has 1 aliphatic rings. The zero-order chi connectivity index (χ0) is 17.1. The van der Waals surface area contributed by atoms with Gasteiger partial charge in [0.2, 0.25) is 5.91 Å². The van der Waals surface area contributed by atoms with Crippen molar-refractivity contribution in [3.8, 4) is 5.75 Å². The van der Waals surface area contributed by atoms with Crippen LogP contribution in [0.25, 0.3) is 0 Å². The van der Waals surface area contributed by atoms with Crippen molar-refractivity contribution in [2.45, 2.75) is 12.3 Å². The number of thioether (sulfide) groups is 1. The van der Waals surface area contributed by atoms with E-state index in [1.165, 1.54) is 17.8 Å². The number of para-hydroxylation sites is 1. The molecule has 0 unspecified atom stereocenters. The molecule has 2 aromatic carbocycles. The highest BCUT2D eigenvalue weighted by molar-refractivity contribution is 8.00. The van der Waals surface area contributed by atoms with Gasteiger partial charge in [0.05, 0.1) is 22.8 Å². The van der Waals surface area contributed by atoms with Crippen LogP contribution in [0.4, 0.5) is 11.4 Å². The van der Waals surface area contributed by atoms with E-state index in [-0.39, 0.29) is 11.6 Å². The third kappa shape index (κ3) is 3.07. The second-order valence-electron chi connectivity index (χ2n) is 5.17. The summed E-state index contributed by atoms with van der Waals surface area (Å²) in [5, 5.41) is 10.9. The minimum atomic E-state index is -0.408. The average molecular weight is 344 g/mol. The largest absolute Gasteiger partial charge is 0.494 e. The quantitative estimate of drug-likeness (QED) is 0.610. The van der Waals surface area contributed by atoms with Crippen molar-refractivity contribution >= 4 is 29.0 Å². The minimum absolute atomic E-state index is 0.0284. The fourth-order valence-corrected chi connectivity index (χ4v) is 3.87. The zero-order valence-corrected chi connectivity index (χ0v) is 13.9. The minimum Gasteiger partial charge on any atom is -0.494 e. The molecular formula is C17H16N2O4S. The molecule has 1 saturated heterocycles. The summed E-state index contributed by atoms with van der Waals surface area (Å²) in [4.78, 5) is 24.9. The maximum absolute atomic E-state index is 12.4. The Balaban J connectivity index is 1.97. The Labute approximate surface area is 143 Å². The molecule has 1 heterocycles. The van der Waals surface area contributed by atoms with E-state index < -0.39 is 10.3 Å². The molecule has 1 aliphatic heterocycles. The van der Waals surface area contributed by atoms with E-state index in [1.807, 2.05) is 6.92 Å². The van der Waals surface area contributed by atoms with Crippen LogP contribution < -0.4 is 9.64 Å². The number of benzene rings is 2. The van der Waals surface area contributed by atoms with Crippen molar-refractivity contribution < 1.29 is 14.5 Å². The van der Waals surface area contributed by atoms with Gasteiger partial charge in [-0.2, -0.15) is 0 Å². The summed E-state index contributed by atoms with van der Waals surface area (Å²) in [6.07, 6.45) is 0.